The number of urea groups is 1. The molecule has 27 heavy (non-hydrogen) atoms. The Labute approximate surface area is 153 Å². The Morgan fingerprint density at radius 3 is 2.07 bits per heavy atom. The number of amides is 4. The number of hydrogen-bond donors (Lipinski definition) is 0. The topological polar surface area (TPSA) is 119 Å². The number of aromatic nitrogens is 2. The predicted octanol–water partition coefficient (Wildman–Crippen LogP) is 1.43. The SMILES string of the molecule is CN1C(=O)C(=Cc2cn(C)nc2-c2ccc([N+](=O)[O-])cc2)C(=O)N(C)C1=O. The first-order valence-electron chi connectivity index (χ1n) is 7.81. The van der Waals surface area contributed by atoms with Crippen LogP contribution in [0.1, 0.15) is 5.56 Å². The van der Waals surface area contributed by atoms with Crippen LogP contribution in [-0.4, -0.2) is 56.4 Å². The van der Waals surface area contributed by atoms with Crippen molar-refractivity contribution >= 4 is 29.6 Å². The van der Waals surface area contributed by atoms with E-state index in [1.54, 1.807) is 13.2 Å². The summed E-state index contributed by atoms with van der Waals surface area (Å²) >= 11 is 0. The van der Waals surface area contributed by atoms with Gasteiger partial charge in [-0.1, -0.05) is 0 Å². The van der Waals surface area contributed by atoms with E-state index < -0.39 is 22.8 Å². The summed E-state index contributed by atoms with van der Waals surface area (Å²) in [7, 11) is 4.26. The number of carbonyl (C=O) groups is 3. The van der Waals surface area contributed by atoms with Crippen molar-refractivity contribution in [1.82, 2.24) is 19.6 Å². The molecule has 3 rings (SSSR count). The van der Waals surface area contributed by atoms with Gasteiger partial charge in [0.05, 0.1) is 10.6 Å². The van der Waals surface area contributed by atoms with Crippen LogP contribution in [-0.2, 0) is 16.6 Å². The first-order chi connectivity index (χ1) is 12.7. The van der Waals surface area contributed by atoms with E-state index in [2.05, 4.69) is 5.10 Å². The van der Waals surface area contributed by atoms with Gasteiger partial charge in [0.1, 0.15) is 5.57 Å². The van der Waals surface area contributed by atoms with Crippen LogP contribution >= 0.6 is 0 Å². The highest BCUT2D eigenvalue weighted by Crippen LogP contribution is 2.27. The summed E-state index contributed by atoms with van der Waals surface area (Å²) in [6, 6.07) is 5.06. The van der Waals surface area contributed by atoms with Crippen molar-refractivity contribution in [1.29, 1.82) is 0 Å². The van der Waals surface area contributed by atoms with Gasteiger partial charge in [0.15, 0.2) is 0 Å². The Morgan fingerprint density at radius 1 is 1.00 bits per heavy atom. The quantitative estimate of drug-likeness (QED) is 0.349. The largest absolute Gasteiger partial charge is 0.333 e. The first-order valence-corrected chi connectivity index (χ1v) is 7.81. The Kier molecular flexibility index (Phi) is 4.32. The maximum Gasteiger partial charge on any atom is 0.333 e. The van der Waals surface area contributed by atoms with Crippen LogP contribution in [0.3, 0.4) is 0 Å². The van der Waals surface area contributed by atoms with Gasteiger partial charge in [-0.25, -0.2) is 4.79 Å². The molecule has 1 aliphatic heterocycles. The third-order valence-electron chi connectivity index (χ3n) is 4.15. The zero-order valence-electron chi connectivity index (χ0n) is 14.7. The summed E-state index contributed by atoms with van der Waals surface area (Å²) in [5.41, 5.74) is 1.27. The van der Waals surface area contributed by atoms with Gasteiger partial charge >= 0.3 is 6.03 Å². The van der Waals surface area contributed by atoms with Gasteiger partial charge in [-0.15, -0.1) is 0 Å². The third kappa shape index (κ3) is 3.08. The molecule has 1 aromatic heterocycles. The minimum absolute atomic E-state index is 0.0611. The third-order valence-corrected chi connectivity index (χ3v) is 4.15. The summed E-state index contributed by atoms with van der Waals surface area (Å²) < 4.78 is 1.50. The summed E-state index contributed by atoms with van der Waals surface area (Å²) in [6.45, 7) is 0. The lowest BCUT2D eigenvalue weighted by molar-refractivity contribution is -0.384. The van der Waals surface area contributed by atoms with Crippen molar-refractivity contribution in [3.05, 3.63) is 51.7 Å². The summed E-state index contributed by atoms with van der Waals surface area (Å²) in [6.07, 6.45) is 2.98. The van der Waals surface area contributed by atoms with Gasteiger partial charge in [0.2, 0.25) is 0 Å². The van der Waals surface area contributed by atoms with E-state index in [0.29, 0.717) is 16.8 Å². The lowest BCUT2D eigenvalue weighted by atomic mass is 10.0. The Bertz CT molecular complexity index is 979. The lowest BCUT2D eigenvalue weighted by Crippen LogP contribution is -2.52. The van der Waals surface area contributed by atoms with E-state index in [1.165, 1.54) is 49.1 Å². The number of likely N-dealkylation sites (N-methyl/N-ethyl adjacent to an activating group) is 2. The number of barbiturate groups is 1. The van der Waals surface area contributed by atoms with Crippen LogP contribution < -0.4 is 0 Å². The van der Waals surface area contributed by atoms with Crippen molar-refractivity contribution < 1.29 is 19.3 Å². The second-order valence-corrected chi connectivity index (χ2v) is 5.98. The normalized spacial score (nSPS) is 14.8. The van der Waals surface area contributed by atoms with Gasteiger partial charge in [-0.2, -0.15) is 5.10 Å². The van der Waals surface area contributed by atoms with Gasteiger partial charge in [-0.05, 0) is 18.2 Å². The molecule has 1 saturated heterocycles. The van der Waals surface area contributed by atoms with Gasteiger partial charge in [0, 0.05) is 50.6 Å². The number of nitro groups is 1. The highest BCUT2D eigenvalue weighted by atomic mass is 16.6. The summed E-state index contributed by atoms with van der Waals surface area (Å²) in [4.78, 5) is 48.6. The van der Waals surface area contributed by atoms with Gasteiger partial charge in [-0.3, -0.25) is 34.2 Å². The molecule has 138 valence electrons. The molecular weight excluding hydrogens is 354 g/mol. The van der Waals surface area contributed by atoms with Crippen molar-refractivity contribution in [2.75, 3.05) is 14.1 Å². The maximum absolute atomic E-state index is 12.4. The molecular formula is C17H15N5O5. The molecule has 2 heterocycles. The molecule has 0 spiro atoms. The molecule has 0 bridgehead atoms. The Hall–Kier alpha value is -3.82. The molecule has 1 aromatic carbocycles. The second-order valence-electron chi connectivity index (χ2n) is 5.98. The molecule has 10 nitrogen and oxygen atoms in total. The standard InChI is InChI=1S/C17H15N5O5/c1-19-9-11(8-13-15(23)20(2)17(25)21(3)16(13)24)14(18-19)10-4-6-12(7-5-10)22(26)27/h4-9H,1-3H3. The average molecular weight is 369 g/mol. The van der Waals surface area contributed by atoms with E-state index in [1.807, 2.05) is 0 Å². The fourth-order valence-corrected chi connectivity index (χ4v) is 2.71. The van der Waals surface area contributed by atoms with E-state index in [4.69, 9.17) is 0 Å². The monoisotopic (exact) mass is 369 g/mol. The molecule has 0 N–H and O–H groups in total. The van der Waals surface area contributed by atoms with Crippen molar-refractivity contribution in [3.8, 4) is 11.3 Å². The molecule has 0 radical (unpaired) electrons. The number of benzene rings is 1. The zero-order chi connectivity index (χ0) is 19.9. The van der Waals surface area contributed by atoms with Crippen LogP contribution in [0, 0.1) is 10.1 Å². The number of nitro benzene ring substituents is 1. The molecule has 4 amide bonds. The number of aryl methyl sites for hydroxylation is 1. The number of hydrogen-bond acceptors (Lipinski definition) is 6. The molecule has 0 atom stereocenters. The summed E-state index contributed by atoms with van der Waals surface area (Å²) in [5, 5.41) is 15.1. The molecule has 10 heteroatoms. The van der Waals surface area contributed by atoms with Crippen LogP contribution in [0.2, 0.25) is 0 Å². The van der Waals surface area contributed by atoms with Crippen molar-refractivity contribution in [2.24, 2.45) is 7.05 Å². The highest BCUT2D eigenvalue weighted by Gasteiger charge is 2.38. The Balaban J connectivity index is 2.07. The lowest BCUT2D eigenvalue weighted by Gasteiger charge is -2.28. The van der Waals surface area contributed by atoms with Gasteiger partial charge in [0.25, 0.3) is 17.5 Å². The second kappa shape index (κ2) is 6.48. The molecule has 0 aliphatic carbocycles. The molecule has 1 aliphatic rings. The summed E-state index contributed by atoms with van der Waals surface area (Å²) in [5.74, 6) is -1.41. The van der Waals surface area contributed by atoms with Crippen LogP contribution in [0.15, 0.2) is 36.0 Å². The van der Waals surface area contributed by atoms with E-state index >= 15 is 0 Å². The number of carbonyl (C=O) groups excluding carboxylic acids is 3. The first kappa shape index (κ1) is 18.0. The van der Waals surface area contributed by atoms with Gasteiger partial charge < -0.3 is 0 Å². The predicted molar refractivity (Wildman–Crippen MR) is 94.2 cm³/mol. The number of rotatable bonds is 3. The smallest absolute Gasteiger partial charge is 0.275 e. The Morgan fingerprint density at radius 2 is 1.56 bits per heavy atom. The van der Waals surface area contributed by atoms with Crippen LogP contribution in [0.25, 0.3) is 17.3 Å². The molecule has 1 fully saturated rings. The van der Waals surface area contributed by atoms with Crippen LogP contribution in [0.4, 0.5) is 10.5 Å². The molecule has 2 aromatic rings. The average Bonchev–Trinajstić information content (AvgIpc) is 3.02. The molecule has 0 saturated carbocycles. The number of non-ortho nitro benzene ring substituents is 1. The fourth-order valence-electron chi connectivity index (χ4n) is 2.71. The van der Waals surface area contributed by atoms with Crippen LogP contribution in [0.5, 0.6) is 0 Å². The molecule has 0 unspecified atom stereocenters. The number of imide groups is 2. The van der Waals surface area contributed by atoms with E-state index in [0.717, 1.165) is 9.80 Å². The zero-order valence-corrected chi connectivity index (χ0v) is 14.7. The van der Waals surface area contributed by atoms with E-state index in [9.17, 15) is 24.5 Å². The number of nitrogens with zero attached hydrogens (tertiary/aromatic N) is 5. The van der Waals surface area contributed by atoms with Crippen molar-refractivity contribution in [2.45, 2.75) is 0 Å². The minimum atomic E-state index is -0.707. The highest BCUT2D eigenvalue weighted by molar-refractivity contribution is 6.30. The van der Waals surface area contributed by atoms with E-state index in [-0.39, 0.29) is 11.3 Å². The van der Waals surface area contributed by atoms with Crippen molar-refractivity contribution in [3.63, 3.8) is 0 Å². The fraction of sp³-hybridized carbons (Fsp3) is 0.176. The maximum atomic E-state index is 12.4. The minimum Gasteiger partial charge on any atom is -0.275 e.